The van der Waals surface area contributed by atoms with Gasteiger partial charge in [0.1, 0.15) is 5.82 Å². The summed E-state index contributed by atoms with van der Waals surface area (Å²) in [5.74, 6) is -0.278. The van der Waals surface area contributed by atoms with Gasteiger partial charge in [0.15, 0.2) is 5.82 Å². The maximum atomic E-state index is 12.5. The van der Waals surface area contributed by atoms with Crippen molar-refractivity contribution in [1.82, 2.24) is 9.97 Å². The molecule has 1 heterocycles. The highest BCUT2D eigenvalue weighted by Crippen LogP contribution is 2.07. The Morgan fingerprint density at radius 2 is 2.00 bits per heavy atom. The molecule has 1 atom stereocenters. The number of hydrogen-bond donors (Lipinski definition) is 1. The molecule has 5 nitrogen and oxygen atoms in total. The topological polar surface area (TPSA) is 85.9 Å². The third-order valence-corrected chi connectivity index (χ3v) is 3.43. The molecule has 0 aromatic carbocycles. The van der Waals surface area contributed by atoms with Crippen molar-refractivity contribution in [3.05, 3.63) is 24.0 Å². The van der Waals surface area contributed by atoms with Crippen LogP contribution in [0, 0.1) is 5.82 Å². The molecule has 0 bridgehead atoms. The van der Waals surface area contributed by atoms with E-state index in [2.05, 4.69) is 9.97 Å². The van der Waals surface area contributed by atoms with Gasteiger partial charge in [-0.15, -0.1) is 0 Å². The summed E-state index contributed by atoms with van der Waals surface area (Å²) >= 11 is 0. The van der Waals surface area contributed by atoms with Crippen molar-refractivity contribution in [2.24, 2.45) is 5.14 Å². The molecule has 1 aromatic rings. The quantitative estimate of drug-likeness (QED) is 0.806. The van der Waals surface area contributed by atoms with Gasteiger partial charge in [-0.25, -0.2) is 27.9 Å². The summed E-state index contributed by atoms with van der Waals surface area (Å²) in [5, 5.41) is 4.29. The van der Waals surface area contributed by atoms with Crippen molar-refractivity contribution < 1.29 is 12.8 Å². The SMILES string of the molecule is CC[C@H](Cc1ncc(F)cn1)S(N)(=O)=O. The van der Waals surface area contributed by atoms with E-state index in [9.17, 15) is 12.8 Å². The third kappa shape index (κ3) is 3.52. The van der Waals surface area contributed by atoms with Crippen LogP contribution in [0.2, 0.25) is 0 Å². The molecule has 1 rings (SSSR count). The van der Waals surface area contributed by atoms with E-state index in [0.717, 1.165) is 12.4 Å². The van der Waals surface area contributed by atoms with E-state index in [-0.39, 0.29) is 12.2 Å². The van der Waals surface area contributed by atoms with Crippen LogP contribution in [0.15, 0.2) is 12.4 Å². The second kappa shape index (κ2) is 4.63. The molecule has 0 unspecified atom stereocenters. The lowest BCUT2D eigenvalue weighted by Gasteiger charge is -2.10. The minimum Gasteiger partial charge on any atom is -0.238 e. The molecule has 0 saturated carbocycles. The first-order valence-electron chi connectivity index (χ1n) is 4.41. The van der Waals surface area contributed by atoms with Gasteiger partial charge >= 0.3 is 0 Å². The molecule has 0 spiro atoms. The Bertz CT molecular complexity index is 418. The number of nitrogens with two attached hydrogens (primary N) is 1. The number of hydrogen-bond acceptors (Lipinski definition) is 4. The molecule has 84 valence electrons. The lowest BCUT2D eigenvalue weighted by atomic mass is 10.2. The highest BCUT2D eigenvalue weighted by molar-refractivity contribution is 7.89. The van der Waals surface area contributed by atoms with Crippen molar-refractivity contribution >= 4 is 10.0 Å². The molecule has 15 heavy (non-hydrogen) atoms. The van der Waals surface area contributed by atoms with E-state index >= 15 is 0 Å². The number of nitrogens with zero attached hydrogens (tertiary/aromatic N) is 2. The van der Waals surface area contributed by atoms with Crippen LogP contribution in [-0.2, 0) is 16.4 Å². The van der Waals surface area contributed by atoms with Gasteiger partial charge in [-0.1, -0.05) is 6.92 Å². The van der Waals surface area contributed by atoms with Gasteiger partial charge in [0, 0.05) is 6.42 Å². The molecule has 0 saturated heterocycles. The fourth-order valence-electron chi connectivity index (χ4n) is 1.14. The summed E-state index contributed by atoms with van der Waals surface area (Å²) in [4.78, 5) is 7.35. The maximum Gasteiger partial charge on any atom is 0.212 e. The summed E-state index contributed by atoms with van der Waals surface area (Å²) in [7, 11) is -3.60. The van der Waals surface area contributed by atoms with Crippen molar-refractivity contribution in [2.45, 2.75) is 25.0 Å². The van der Waals surface area contributed by atoms with Crippen molar-refractivity contribution in [3.8, 4) is 0 Å². The highest BCUT2D eigenvalue weighted by Gasteiger charge is 2.20. The molecular formula is C8H12FN3O2S. The molecule has 0 aliphatic heterocycles. The number of halogens is 1. The van der Waals surface area contributed by atoms with Crippen LogP contribution in [0.5, 0.6) is 0 Å². The summed E-state index contributed by atoms with van der Waals surface area (Å²) in [6.45, 7) is 1.71. The van der Waals surface area contributed by atoms with Crippen molar-refractivity contribution in [3.63, 3.8) is 0 Å². The van der Waals surface area contributed by atoms with Crippen LogP contribution in [0.1, 0.15) is 19.2 Å². The summed E-state index contributed by atoms with van der Waals surface area (Å²) in [5.41, 5.74) is 0. The van der Waals surface area contributed by atoms with Crippen LogP contribution in [0.25, 0.3) is 0 Å². The van der Waals surface area contributed by atoms with Gasteiger partial charge in [0.25, 0.3) is 0 Å². The molecule has 0 radical (unpaired) electrons. The zero-order valence-electron chi connectivity index (χ0n) is 8.22. The zero-order chi connectivity index (χ0) is 11.5. The largest absolute Gasteiger partial charge is 0.238 e. The predicted molar refractivity (Wildman–Crippen MR) is 52.9 cm³/mol. The minimum atomic E-state index is -3.60. The van der Waals surface area contributed by atoms with Gasteiger partial charge in [-0.05, 0) is 6.42 Å². The van der Waals surface area contributed by atoms with Crippen LogP contribution >= 0.6 is 0 Å². The van der Waals surface area contributed by atoms with Crippen LogP contribution in [0.4, 0.5) is 4.39 Å². The molecule has 0 aliphatic carbocycles. The van der Waals surface area contributed by atoms with Crippen molar-refractivity contribution in [1.29, 1.82) is 0 Å². The van der Waals surface area contributed by atoms with Gasteiger partial charge < -0.3 is 0 Å². The first kappa shape index (κ1) is 12.0. The van der Waals surface area contributed by atoms with Crippen LogP contribution in [-0.4, -0.2) is 23.6 Å². The van der Waals surface area contributed by atoms with E-state index in [4.69, 9.17) is 5.14 Å². The van der Waals surface area contributed by atoms with Gasteiger partial charge in [-0.2, -0.15) is 0 Å². The van der Waals surface area contributed by atoms with Crippen LogP contribution < -0.4 is 5.14 Å². The maximum absolute atomic E-state index is 12.5. The smallest absolute Gasteiger partial charge is 0.212 e. The van der Waals surface area contributed by atoms with E-state index in [1.807, 2.05) is 0 Å². The second-order valence-electron chi connectivity index (χ2n) is 3.14. The molecule has 1 aromatic heterocycles. The lowest BCUT2D eigenvalue weighted by molar-refractivity contribution is 0.570. The molecule has 0 amide bonds. The van der Waals surface area contributed by atoms with Crippen LogP contribution in [0.3, 0.4) is 0 Å². The fraction of sp³-hybridized carbons (Fsp3) is 0.500. The highest BCUT2D eigenvalue weighted by atomic mass is 32.2. The molecule has 7 heteroatoms. The average Bonchev–Trinajstić information content (AvgIpc) is 2.15. The van der Waals surface area contributed by atoms with Gasteiger partial charge in [0.05, 0.1) is 17.6 Å². The zero-order valence-corrected chi connectivity index (χ0v) is 9.04. The fourth-order valence-corrected chi connectivity index (χ4v) is 1.99. The summed E-state index contributed by atoms with van der Waals surface area (Å²) in [6, 6.07) is 0. The molecular weight excluding hydrogens is 221 g/mol. The third-order valence-electron chi connectivity index (χ3n) is 2.00. The summed E-state index contributed by atoms with van der Waals surface area (Å²) < 4.78 is 34.6. The Hall–Kier alpha value is -1.08. The van der Waals surface area contributed by atoms with E-state index in [1.165, 1.54) is 0 Å². The second-order valence-corrected chi connectivity index (χ2v) is 4.99. The Morgan fingerprint density at radius 3 is 2.40 bits per heavy atom. The number of rotatable bonds is 4. The predicted octanol–water partition coefficient (Wildman–Crippen LogP) is 0.225. The monoisotopic (exact) mass is 233 g/mol. The van der Waals surface area contributed by atoms with Gasteiger partial charge in [0.2, 0.25) is 10.0 Å². The standard InChI is InChI=1S/C8H12FN3O2S/c1-2-7(15(10,13)14)3-8-11-4-6(9)5-12-8/h4-5,7H,2-3H2,1H3,(H2,10,13,14)/t7-/m1/s1. The molecule has 0 aliphatic rings. The Kier molecular flexibility index (Phi) is 3.70. The number of primary sulfonamides is 1. The molecule has 0 fully saturated rings. The first-order chi connectivity index (χ1) is 6.93. The van der Waals surface area contributed by atoms with E-state index < -0.39 is 21.1 Å². The van der Waals surface area contributed by atoms with Gasteiger partial charge in [-0.3, -0.25) is 0 Å². The summed E-state index contributed by atoms with van der Waals surface area (Å²) in [6.07, 6.45) is 2.48. The Balaban J connectivity index is 2.80. The lowest BCUT2D eigenvalue weighted by Crippen LogP contribution is -2.30. The van der Waals surface area contributed by atoms with E-state index in [1.54, 1.807) is 6.92 Å². The van der Waals surface area contributed by atoms with Crippen molar-refractivity contribution in [2.75, 3.05) is 0 Å². The van der Waals surface area contributed by atoms with E-state index in [0.29, 0.717) is 6.42 Å². The first-order valence-corrected chi connectivity index (χ1v) is 6.02. The molecule has 2 N–H and O–H groups in total. The Labute approximate surface area is 87.6 Å². The minimum absolute atomic E-state index is 0.107. The number of aromatic nitrogens is 2. The normalized spacial score (nSPS) is 13.8. The number of sulfonamides is 1. The average molecular weight is 233 g/mol. The Morgan fingerprint density at radius 1 is 1.47 bits per heavy atom.